The van der Waals surface area contributed by atoms with Crippen molar-refractivity contribution in [2.75, 3.05) is 38.2 Å². The summed E-state index contributed by atoms with van der Waals surface area (Å²) in [5, 5.41) is 6.75. The highest BCUT2D eigenvalue weighted by molar-refractivity contribution is 7.80. The third kappa shape index (κ3) is 3.59. The van der Waals surface area contributed by atoms with E-state index in [-0.39, 0.29) is 5.91 Å². The van der Waals surface area contributed by atoms with Gasteiger partial charge in [-0.2, -0.15) is 0 Å². The van der Waals surface area contributed by atoms with Crippen LogP contribution in [0.3, 0.4) is 0 Å². The fourth-order valence-corrected chi connectivity index (χ4v) is 2.76. The SMILES string of the molecule is O=C1CCCN1CCNC(=S)Nc1ccc2c(c1)OCCO2. The summed E-state index contributed by atoms with van der Waals surface area (Å²) in [4.78, 5) is 13.4. The first-order valence-corrected chi connectivity index (χ1v) is 7.85. The van der Waals surface area contributed by atoms with Crippen molar-refractivity contribution in [1.82, 2.24) is 10.2 Å². The van der Waals surface area contributed by atoms with Gasteiger partial charge in [-0.05, 0) is 30.8 Å². The minimum atomic E-state index is 0.229. The van der Waals surface area contributed by atoms with Gasteiger partial charge in [0.05, 0.1) is 0 Å². The molecule has 0 saturated carbocycles. The molecule has 1 aromatic rings. The summed E-state index contributed by atoms with van der Waals surface area (Å²) >= 11 is 5.26. The first-order valence-electron chi connectivity index (χ1n) is 7.45. The lowest BCUT2D eigenvalue weighted by molar-refractivity contribution is -0.127. The number of benzene rings is 1. The van der Waals surface area contributed by atoms with Crippen LogP contribution in [0.15, 0.2) is 18.2 Å². The van der Waals surface area contributed by atoms with Crippen LogP contribution in [0.25, 0.3) is 0 Å². The molecular formula is C15H19N3O3S. The van der Waals surface area contributed by atoms with Gasteiger partial charge in [0.25, 0.3) is 0 Å². The van der Waals surface area contributed by atoms with E-state index in [0.29, 0.717) is 37.8 Å². The number of thiocarbonyl (C=S) groups is 1. The summed E-state index contributed by atoms with van der Waals surface area (Å²) < 4.78 is 11.0. The predicted octanol–water partition coefficient (Wildman–Crippen LogP) is 1.37. The monoisotopic (exact) mass is 321 g/mol. The van der Waals surface area contributed by atoms with Crippen molar-refractivity contribution >= 4 is 28.9 Å². The third-order valence-corrected chi connectivity index (χ3v) is 3.89. The highest BCUT2D eigenvalue weighted by Crippen LogP contribution is 2.32. The topological polar surface area (TPSA) is 62.8 Å². The van der Waals surface area contributed by atoms with E-state index in [2.05, 4.69) is 10.6 Å². The van der Waals surface area contributed by atoms with E-state index < -0.39 is 0 Å². The number of rotatable bonds is 4. The molecule has 1 fully saturated rings. The molecule has 1 aromatic carbocycles. The smallest absolute Gasteiger partial charge is 0.222 e. The Hall–Kier alpha value is -2.02. The third-order valence-electron chi connectivity index (χ3n) is 3.64. The highest BCUT2D eigenvalue weighted by atomic mass is 32.1. The molecule has 0 aromatic heterocycles. The van der Waals surface area contributed by atoms with Gasteiger partial charge in [0.15, 0.2) is 16.6 Å². The van der Waals surface area contributed by atoms with E-state index in [1.54, 1.807) is 0 Å². The molecule has 22 heavy (non-hydrogen) atoms. The van der Waals surface area contributed by atoms with Crippen LogP contribution < -0.4 is 20.1 Å². The van der Waals surface area contributed by atoms with Gasteiger partial charge in [-0.3, -0.25) is 4.79 Å². The standard InChI is InChI=1S/C15H19N3O3S/c19-14-2-1-6-18(14)7-5-16-15(22)17-11-3-4-12-13(10-11)21-9-8-20-12/h3-4,10H,1-2,5-9H2,(H2,16,17,22). The molecular weight excluding hydrogens is 302 g/mol. The molecule has 2 aliphatic heterocycles. The molecule has 0 bridgehead atoms. The lowest BCUT2D eigenvalue weighted by atomic mass is 10.2. The number of carbonyl (C=O) groups excluding carboxylic acids is 1. The van der Waals surface area contributed by atoms with E-state index in [4.69, 9.17) is 21.7 Å². The number of carbonyl (C=O) groups is 1. The van der Waals surface area contributed by atoms with Gasteiger partial charge in [0.1, 0.15) is 13.2 Å². The first-order chi connectivity index (χ1) is 10.7. The van der Waals surface area contributed by atoms with Gasteiger partial charge in [0.2, 0.25) is 5.91 Å². The summed E-state index contributed by atoms with van der Waals surface area (Å²) in [5.74, 6) is 1.71. The van der Waals surface area contributed by atoms with Crippen LogP contribution in [0.4, 0.5) is 5.69 Å². The second-order valence-corrected chi connectivity index (χ2v) is 5.63. The van der Waals surface area contributed by atoms with Gasteiger partial charge in [-0.25, -0.2) is 0 Å². The Balaban J connectivity index is 1.46. The number of likely N-dealkylation sites (tertiary alicyclic amines) is 1. The molecule has 1 amide bonds. The van der Waals surface area contributed by atoms with Gasteiger partial charge in [0, 0.05) is 37.8 Å². The van der Waals surface area contributed by atoms with E-state index >= 15 is 0 Å². The number of nitrogens with one attached hydrogen (secondary N) is 2. The van der Waals surface area contributed by atoms with Crippen LogP contribution in [0.1, 0.15) is 12.8 Å². The Bertz CT molecular complexity index is 579. The van der Waals surface area contributed by atoms with Crippen molar-refractivity contribution in [2.45, 2.75) is 12.8 Å². The predicted molar refractivity (Wildman–Crippen MR) is 87.5 cm³/mol. The van der Waals surface area contributed by atoms with Crippen molar-refractivity contribution in [2.24, 2.45) is 0 Å². The summed E-state index contributed by atoms with van der Waals surface area (Å²) in [6, 6.07) is 5.63. The normalized spacial score (nSPS) is 16.5. The van der Waals surface area contributed by atoms with Crippen LogP contribution in [0.2, 0.25) is 0 Å². The quantitative estimate of drug-likeness (QED) is 0.817. The number of ether oxygens (including phenoxy) is 2. The van der Waals surface area contributed by atoms with Gasteiger partial charge < -0.3 is 25.0 Å². The second-order valence-electron chi connectivity index (χ2n) is 5.22. The molecule has 7 heteroatoms. The average molecular weight is 321 g/mol. The number of amides is 1. The Morgan fingerprint density at radius 1 is 1.27 bits per heavy atom. The molecule has 0 unspecified atom stereocenters. The molecule has 118 valence electrons. The Morgan fingerprint density at radius 3 is 2.86 bits per heavy atom. The zero-order valence-corrected chi connectivity index (χ0v) is 13.1. The highest BCUT2D eigenvalue weighted by Gasteiger charge is 2.19. The first kappa shape index (κ1) is 14.9. The van der Waals surface area contributed by atoms with E-state index in [9.17, 15) is 4.79 Å². The summed E-state index contributed by atoms with van der Waals surface area (Å²) in [6.07, 6.45) is 1.62. The van der Waals surface area contributed by atoms with Gasteiger partial charge in [-0.1, -0.05) is 0 Å². The summed E-state index contributed by atoms with van der Waals surface area (Å²) in [6.45, 7) is 3.31. The lowest BCUT2D eigenvalue weighted by Crippen LogP contribution is -2.37. The van der Waals surface area contributed by atoms with Crippen molar-refractivity contribution in [3.05, 3.63) is 18.2 Å². The second kappa shape index (κ2) is 6.83. The summed E-state index contributed by atoms with van der Waals surface area (Å²) in [5.41, 5.74) is 0.846. The largest absolute Gasteiger partial charge is 0.486 e. The van der Waals surface area contributed by atoms with Crippen molar-refractivity contribution in [1.29, 1.82) is 0 Å². The zero-order valence-electron chi connectivity index (χ0n) is 12.3. The van der Waals surface area contributed by atoms with Crippen molar-refractivity contribution in [3.8, 4) is 11.5 Å². The zero-order chi connectivity index (χ0) is 15.4. The lowest BCUT2D eigenvalue weighted by Gasteiger charge is -2.20. The number of nitrogens with zero attached hydrogens (tertiary/aromatic N) is 1. The van der Waals surface area contributed by atoms with Crippen LogP contribution >= 0.6 is 12.2 Å². The molecule has 0 atom stereocenters. The van der Waals surface area contributed by atoms with Crippen LogP contribution in [0.5, 0.6) is 11.5 Å². The van der Waals surface area contributed by atoms with Crippen LogP contribution in [-0.2, 0) is 4.79 Å². The maximum Gasteiger partial charge on any atom is 0.222 e. The number of hydrogen-bond donors (Lipinski definition) is 2. The molecule has 2 heterocycles. The molecule has 6 nitrogen and oxygen atoms in total. The molecule has 2 N–H and O–H groups in total. The van der Waals surface area contributed by atoms with Crippen LogP contribution in [-0.4, -0.2) is 48.8 Å². The fourth-order valence-electron chi connectivity index (χ4n) is 2.54. The Morgan fingerprint density at radius 2 is 2.09 bits per heavy atom. The van der Waals surface area contributed by atoms with Crippen molar-refractivity contribution < 1.29 is 14.3 Å². The molecule has 2 aliphatic rings. The average Bonchev–Trinajstić information content (AvgIpc) is 2.92. The minimum absolute atomic E-state index is 0.229. The molecule has 3 rings (SSSR count). The van der Waals surface area contributed by atoms with E-state index in [1.165, 1.54) is 0 Å². The van der Waals surface area contributed by atoms with Crippen molar-refractivity contribution in [3.63, 3.8) is 0 Å². The van der Waals surface area contributed by atoms with Gasteiger partial charge >= 0.3 is 0 Å². The number of fused-ring (bicyclic) bond motifs is 1. The fraction of sp³-hybridized carbons (Fsp3) is 0.467. The molecule has 0 radical (unpaired) electrons. The van der Waals surface area contributed by atoms with Gasteiger partial charge in [-0.15, -0.1) is 0 Å². The summed E-state index contributed by atoms with van der Waals surface area (Å²) in [7, 11) is 0. The number of hydrogen-bond acceptors (Lipinski definition) is 4. The van der Waals surface area contributed by atoms with E-state index in [1.807, 2.05) is 23.1 Å². The van der Waals surface area contributed by atoms with E-state index in [0.717, 1.165) is 30.2 Å². The van der Waals surface area contributed by atoms with Crippen LogP contribution in [0, 0.1) is 0 Å². The molecule has 1 saturated heterocycles. The Kier molecular flexibility index (Phi) is 4.62. The Labute approximate surface area is 134 Å². The minimum Gasteiger partial charge on any atom is -0.486 e. The number of anilines is 1. The molecule has 0 aliphatic carbocycles. The maximum absolute atomic E-state index is 11.5. The maximum atomic E-state index is 11.5. The molecule has 0 spiro atoms.